The van der Waals surface area contributed by atoms with Crippen molar-refractivity contribution in [2.24, 2.45) is 0 Å². The summed E-state index contributed by atoms with van der Waals surface area (Å²) in [5.74, 6) is -0.410. The largest absolute Gasteiger partial charge is 0.478 e. The first kappa shape index (κ1) is 11.9. The molecular weight excluding hydrogens is 244 g/mol. The molecule has 1 aliphatic rings. The van der Waals surface area contributed by atoms with Crippen LogP contribution in [0, 0.1) is 0 Å². The molecule has 0 saturated heterocycles. The van der Waals surface area contributed by atoms with Gasteiger partial charge in [-0.25, -0.2) is 14.8 Å². The molecule has 0 atom stereocenters. The Kier molecular flexibility index (Phi) is 3.03. The number of carboxylic acid groups (broad SMARTS) is 1. The van der Waals surface area contributed by atoms with Crippen molar-refractivity contribution in [1.82, 2.24) is 9.97 Å². The first-order chi connectivity index (χ1) is 9.24. The Morgan fingerprint density at radius 2 is 2.05 bits per heavy atom. The Bertz CT molecular complexity index is 621. The van der Waals surface area contributed by atoms with Crippen molar-refractivity contribution in [2.45, 2.75) is 31.8 Å². The molecule has 98 valence electrons. The molecule has 1 fully saturated rings. The minimum absolute atomic E-state index is 0.220. The number of benzene rings is 1. The van der Waals surface area contributed by atoms with Crippen molar-refractivity contribution in [3.63, 3.8) is 0 Å². The van der Waals surface area contributed by atoms with Gasteiger partial charge in [-0.1, -0.05) is 0 Å². The second-order valence-corrected chi connectivity index (χ2v) is 4.74. The molecule has 0 spiro atoms. The molecule has 3 rings (SSSR count). The van der Waals surface area contributed by atoms with Gasteiger partial charge in [-0.15, -0.1) is 0 Å². The Hall–Kier alpha value is -2.17. The molecule has 2 aromatic rings. The van der Waals surface area contributed by atoms with Crippen LogP contribution in [0.1, 0.15) is 36.0 Å². The number of aromatic carboxylic acids is 1. The number of nitrogens with zero attached hydrogens (tertiary/aromatic N) is 2. The SMILES string of the molecule is O=C(O)c1ccc2c(OC3CCCC3)ncnc2c1. The summed E-state index contributed by atoms with van der Waals surface area (Å²) < 4.78 is 5.89. The zero-order valence-corrected chi connectivity index (χ0v) is 10.4. The Morgan fingerprint density at radius 1 is 1.26 bits per heavy atom. The first-order valence-corrected chi connectivity index (χ1v) is 6.39. The van der Waals surface area contributed by atoms with E-state index in [9.17, 15) is 4.79 Å². The lowest BCUT2D eigenvalue weighted by atomic mass is 10.1. The van der Waals surface area contributed by atoms with Crippen LogP contribution in [0.15, 0.2) is 24.5 Å². The van der Waals surface area contributed by atoms with Gasteiger partial charge < -0.3 is 9.84 Å². The highest BCUT2D eigenvalue weighted by Crippen LogP contribution is 2.27. The molecule has 1 saturated carbocycles. The zero-order valence-electron chi connectivity index (χ0n) is 10.4. The average Bonchev–Trinajstić information content (AvgIpc) is 2.91. The van der Waals surface area contributed by atoms with E-state index in [1.165, 1.54) is 19.2 Å². The predicted octanol–water partition coefficient (Wildman–Crippen LogP) is 2.65. The number of carboxylic acids is 1. The average molecular weight is 258 g/mol. The van der Waals surface area contributed by atoms with Crippen LogP contribution in [-0.4, -0.2) is 27.1 Å². The van der Waals surface area contributed by atoms with E-state index in [0.717, 1.165) is 18.2 Å². The zero-order chi connectivity index (χ0) is 13.2. The lowest BCUT2D eigenvalue weighted by Crippen LogP contribution is -2.12. The van der Waals surface area contributed by atoms with Crippen molar-refractivity contribution >= 4 is 16.9 Å². The summed E-state index contributed by atoms with van der Waals surface area (Å²) in [6.45, 7) is 0. The van der Waals surface area contributed by atoms with E-state index in [0.29, 0.717) is 11.4 Å². The molecule has 0 amide bonds. The van der Waals surface area contributed by atoms with Crippen molar-refractivity contribution in [3.8, 4) is 5.88 Å². The van der Waals surface area contributed by atoms with Gasteiger partial charge in [0.05, 0.1) is 16.5 Å². The Labute approximate surface area is 110 Å². The fraction of sp³-hybridized carbons (Fsp3) is 0.357. The van der Waals surface area contributed by atoms with Crippen LogP contribution in [-0.2, 0) is 0 Å². The minimum Gasteiger partial charge on any atom is -0.478 e. The van der Waals surface area contributed by atoms with E-state index in [-0.39, 0.29) is 11.7 Å². The highest BCUT2D eigenvalue weighted by molar-refractivity contribution is 5.94. The van der Waals surface area contributed by atoms with Crippen LogP contribution in [0.25, 0.3) is 10.9 Å². The smallest absolute Gasteiger partial charge is 0.335 e. The van der Waals surface area contributed by atoms with Crippen LogP contribution >= 0.6 is 0 Å². The second-order valence-electron chi connectivity index (χ2n) is 4.74. The monoisotopic (exact) mass is 258 g/mol. The number of aromatic nitrogens is 2. The standard InChI is InChI=1S/C14H14N2O3/c17-14(18)9-5-6-11-12(7-9)15-8-16-13(11)19-10-3-1-2-4-10/h5-8,10H,1-4H2,(H,17,18). The van der Waals surface area contributed by atoms with Crippen LogP contribution in [0.2, 0.25) is 0 Å². The summed E-state index contributed by atoms with van der Waals surface area (Å²) in [4.78, 5) is 19.2. The molecule has 1 aromatic carbocycles. The van der Waals surface area contributed by atoms with E-state index in [4.69, 9.17) is 9.84 Å². The van der Waals surface area contributed by atoms with Gasteiger partial charge in [-0.05, 0) is 43.9 Å². The summed E-state index contributed by atoms with van der Waals surface area (Å²) in [6, 6.07) is 4.81. The summed E-state index contributed by atoms with van der Waals surface area (Å²) in [6.07, 6.45) is 6.13. The minimum atomic E-state index is -0.959. The number of carbonyl (C=O) groups is 1. The van der Waals surface area contributed by atoms with Crippen molar-refractivity contribution in [2.75, 3.05) is 0 Å². The molecule has 0 radical (unpaired) electrons. The fourth-order valence-electron chi connectivity index (χ4n) is 2.42. The number of fused-ring (bicyclic) bond motifs is 1. The molecule has 19 heavy (non-hydrogen) atoms. The third-order valence-electron chi connectivity index (χ3n) is 3.43. The molecule has 5 nitrogen and oxygen atoms in total. The fourth-order valence-corrected chi connectivity index (χ4v) is 2.42. The van der Waals surface area contributed by atoms with Crippen LogP contribution < -0.4 is 4.74 Å². The van der Waals surface area contributed by atoms with Crippen molar-refractivity contribution < 1.29 is 14.6 Å². The number of rotatable bonds is 3. The normalized spacial score (nSPS) is 15.8. The van der Waals surface area contributed by atoms with Gasteiger partial charge in [0.2, 0.25) is 5.88 Å². The number of hydrogen-bond donors (Lipinski definition) is 1. The second kappa shape index (κ2) is 4.84. The lowest BCUT2D eigenvalue weighted by molar-refractivity contribution is 0.0697. The quantitative estimate of drug-likeness (QED) is 0.916. The maximum atomic E-state index is 10.9. The molecule has 1 aromatic heterocycles. The van der Waals surface area contributed by atoms with Crippen LogP contribution in [0.4, 0.5) is 0 Å². The van der Waals surface area contributed by atoms with Gasteiger partial charge >= 0.3 is 5.97 Å². The van der Waals surface area contributed by atoms with Crippen LogP contribution in [0.3, 0.4) is 0 Å². The van der Waals surface area contributed by atoms with Gasteiger partial charge in [-0.2, -0.15) is 0 Å². The topological polar surface area (TPSA) is 72.3 Å². The van der Waals surface area contributed by atoms with E-state index in [1.54, 1.807) is 18.2 Å². The molecule has 1 heterocycles. The van der Waals surface area contributed by atoms with E-state index < -0.39 is 5.97 Å². The van der Waals surface area contributed by atoms with Gasteiger partial charge in [-0.3, -0.25) is 0 Å². The summed E-state index contributed by atoms with van der Waals surface area (Å²) in [5, 5.41) is 9.73. The van der Waals surface area contributed by atoms with Gasteiger partial charge in [0.1, 0.15) is 12.4 Å². The van der Waals surface area contributed by atoms with Gasteiger partial charge in [0.15, 0.2) is 0 Å². The third kappa shape index (κ3) is 2.36. The maximum absolute atomic E-state index is 10.9. The summed E-state index contributed by atoms with van der Waals surface area (Å²) in [7, 11) is 0. The van der Waals surface area contributed by atoms with Gasteiger partial charge in [0, 0.05) is 0 Å². The molecule has 1 aliphatic carbocycles. The van der Waals surface area contributed by atoms with Crippen molar-refractivity contribution in [1.29, 1.82) is 0 Å². The molecular formula is C14H14N2O3. The molecule has 0 unspecified atom stereocenters. The molecule has 0 aliphatic heterocycles. The van der Waals surface area contributed by atoms with E-state index in [2.05, 4.69) is 9.97 Å². The predicted molar refractivity (Wildman–Crippen MR) is 69.4 cm³/mol. The van der Waals surface area contributed by atoms with E-state index in [1.807, 2.05) is 0 Å². The highest BCUT2D eigenvalue weighted by Gasteiger charge is 2.18. The van der Waals surface area contributed by atoms with Crippen molar-refractivity contribution in [3.05, 3.63) is 30.1 Å². The first-order valence-electron chi connectivity index (χ1n) is 6.39. The summed E-state index contributed by atoms with van der Waals surface area (Å²) in [5.41, 5.74) is 0.820. The molecule has 5 heteroatoms. The number of ether oxygens (including phenoxy) is 1. The Balaban J connectivity index is 1.98. The molecule has 0 bridgehead atoms. The molecule has 1 N–H and O–H groups in total. The summed E-state index contributed by atoms with van der Waals surface area (Å²) >= 11 is 0. The highest BCUT2D eigenvalue weighted by atomic mass is 16.5. The van der Waals surface area contributed by atoms with E-state index >= 15 is 0 Å². The number of hydrogen-bond acceptors (Lipinski definition) is 4. The van der Waals surface area contributed by atoms with Crippen LogP contribution in [0.5, 0.6) is 5.88 Å². The maximum Gasteiger partial charge on any atom is 0.335 e. The van der Waals surface area contributed by atoms with Gasteiger partial charge in [0.25, 0.3) is 0 Å². The lowest BCUT2D eigenvalue weighted by Gasteiger charge is -2.13. The third-order valence-corrected chi connectivity index (χ3v) is 3.43. The Morgan fingerprint density at radius 3 is 2.79 bits per heavy atom.